The first-order valence-corrected chi connectivity index (χ1v) is 6.78. The summed E-state index contributed by atoms with van der Waals surface area (Å²) >= 11 is 0. The van der Waals surface area contributed by atoms with Gasteiger partial charge in [-0.2, -0.15) is 0 Å². The first-order chi connectivity index (χ1) is 9.79. The molecule has 0 N–H and O–H groups in total. The van der Waals surface area contributed by atoms with E-state index in [2.05, 4.69) is 0 Å². The van der Waals surface area contributed by atoms with Crippen LogP contribution in [0.2, 0.25) is 0 Å². The molecule has 0 radical (unpaired) electrons. The molecule has 2 aromatic carbocycles. The molecular formula is C17H17NO2. The van der Waals surface area contributed by atoms with E-state index in [1.54, 1.807) is 7.11 Å². The monoisotopic (exact) mass is 267 g/mol. The summed E-state index contributed by atoms with van der Waals surface area (Å²) in [5.74, 6) is 0.942. The first-order valence-electron chi connectivity index (χ1n) is 6.78. The van der Waals surface area contributed by atoms with Crippen LogP contribution in [0.4, 0.5) is 0 Å². The van der Waals surface area contributed by atoms with Crippen molar-refractivity contribution in [3.8, 4) is 5.75 Å². The number of hydrogen-bond donors (Lipinski definition) is 0. The Kier molecular flexibility index (Phi) is 3.42. The van der Waals surface area contributed by atoms with Crippen LogP contribution in [0.3, 0.4) is 0 Å². The van der Waals surface area contributed by atoms with Gasteiger partial charge in [0, 0.05) is 24.2 Å². The maximum atomic E-state index is 12.5. The van der Waals surface area contributed by atoms with Crippen LogP contribution in [0.25, 0.3) is 0 Å². The Balaban J connectivity index is 1.85. The number of ether oxygens (including phenoxy) is 1. The van der Waals surface area contributed by atoms with Crippen molar-refractivity contribution in [3.05, 3.63) is 65.2 Å². The fourth-order valence-corrected chi connectivity index (χ4v) is 2.66. The molecule has 1 aliphatic heterocycles. The number of rotatable bonds is 3. The Morgan fingerprint density at radius 2 is 1.85 bits per heavy atom. The van der Waals surface area contributed by atoms with Gasteiger partial charge in [0.2, 0.25) is 0 Å². The van der Waals surface area contributed by atoms with Crippen molar-refractivity contribution in [1.82, 2.24) is 4.90 Å². The molecule has 3 nitrogen and oxygen atoms in total. The Morgan fingerprint density at radius 3 is 2.70 bits per heavy atom. The Bertz CT molecular complexity index is 636. The number of fused-ring (bicyclic) bond motifs is 1. The van der Waals surface area contributed by atoms with Gasteiger partial charge in [0.25, 0.3) is 5.91 Å². The minimum Gasteiger partial charge on any atom is -0.496 e. The molecule has 0 aromatic heterocycles. The highest BCUT2D eigenvalue weighted by Crippen LogP contribution is 2.24. The van der Waals surface area contributed by atoms with E-state index in [0.717, 1.165) is 35.4 Å². The molecule has 0 saturated heterocycles. The summed E-state index contributed by atoms with van der Waals surface area (Å²) in [5, 5.41) is 0. The molecule has 1 heterocycles. The van der Waals surface area contributed by atoms with Gasteiger partial charge in [-0.25, -0.2) is 0 Å². The third kappa shape index (κ3) is 2.27. The summed E-state index contributed by atoms with van der Waals surface area (Å²) in [4.78, 5) is 14.4. The van der Waals surface area contributed by atoms with E-state index in [1.807, 2.05) is 53.4 Å². The largest absolute Gasteiger partial charge is 0.496 e. The molecule has 0 spiro atoms. The van der Waals surface area contributed by atoms with Gasteiger partial charge in [0.1, 0.15) is 5.75 Å². The van der Waals surface area contributed by atoms with E-state index in [1.165, 1.54) is 0 Å². The Morgan fingerprint density at radius 1 is 1.10 bits per heavy atom. The third-order valence-corrected chi connectivity index (χ3v) is 3.74. The van der Waals surface area contributed by atoms with Gasteiger partial charge < -0.3 is 9.64 Å². The second kappa shape index (κ2) is 5.37. The van der Waals surface area contributed by atoms with Gasteiger partial charge >= 0.3 is 0 Å². The van der Waals surface area contributed by atoms with Crippen molar-refractivity contribution in [2.75, 3.05) is 13.7 Å². The molecule has 0 atom stereocenters. The molecule has 0 saturated carbocycles. The fourth-order valence-electron chi connectivity index (χ4n) is 2.66. The lowest BCUT2D eigenvalue weighted by molar-refractivity contribution is 0.0726. The van der Waals surface area contributed by atoms with Gasteiger partial charge in [0.05, 0.1) is 7.11 Å². The van der Waals surface area contributed by atoms with Crippen molar-refractivity contribution >= 4 is 5.91 Å². The first kappa shape index (κ1) is 12.7. The number of hydrogen-bond acceptors (Lipinski definition) is 2. The van der Waals surface area contributed by atoms with Crippen LogP contribution in [0.1, 0.15) is 21.5 Å². The summed E-state index contributed by atoms with van der Waals surface area (Å²) in [6, 6.07) is 15.7. The lowest BCUT2D eigenvalue weighted by atomic mass is 9.98. The SMILES string of the molecule is COc1ccccc1CN1CCc2ccccc2C1=O. The van der Waals surface area contributed by atoms with Crippen LogP contribution in [0, 0.1) is 0 Å². The predicted octanol–water partition coefficient (Wildman–Crippen LogP) is 2.89. The maximum absolute atomic E-state index is 12.5. The zero-order valence-corrected chi connectivity index (χ0v) is 11.5. The van der Waals surface area contributed by atoms with E-state index < -0.39 is 0 Å². The topological polar surface area (TPSA) is 29.5 Å². The van der Waals surface area contributed by atoms with E-state index in [4.69, 9.17) is 4.74 Å². The van der Waals surface area contributed by atoms with E-state index in [-0.39, 0.29) is 5.91 Å². The smallest absolute Gasteiger partial charge is 0.254 e. The normalized spacial score (nSPS) is 14.1. The molecule has 102 valence electrons. The molecular weight excluding hydrogens is 250 g/mol. The van der Waals surface area contributed by atoms with Crippen LogP contribution < -0.4 is 4.74 Å². The molecule has 0 aliphatic carbocycles. The van der Waals surface area contributed by atoms with Crippen LogP contribution in [0.5, 0.6) is 5.75 Å². The van der Waals surface area contributed by atoms with Gasteiger partial charge in [-0.3, -0.25) is 4.79 Å². The van der Waals surface area contributed by atoms with Gasteiger partial charge in [-0.1, -0.05) is 36.4 Å². The summed E-state index contributed by atoms with van der Waals surface area (Å²) in [6.45, 7) is 1.35. The quantitative estimate of drug-likeness (QED) is 0.855. The molecule has 3 heteroatoms. The lowest BCUT2D eigenvalue weighted by Crippen LogP contribution is -2.37. The molecule has 1 aliphatic rings. The Labute approximate surface area is 118 Å². The number of amides is 1. The molecule has 0 fully saturated rings. The fraction of sp³-hybridized carbons (Fsp3) is 0.235. The summed E-state index contributed by atoms with van der Waals surface area (Å²) in [7, 11) is 1.66. The van der Waals surface area contributed by atoms with Gasteiger partial charge in [0.15, 0.2) is 0 Å². The lowest BCUT2D eigenvalue weighted by Gasteiger charge is -2.29. The number of benzene rings is 2. The zero-order valence-electron chi connectivity index (χ0n) is 11.5. The van der Waals surface area contributed by atoms with Crippen molar-refractivity contribution in [3.63, 3.8) is 0 Å². The number of nitrogens with zero attached hydrogens (tertiary/aromatic N) is 1. The second-order valence-corrected chi connectivity index (χ2v) is 4.95. The molecule has 3 rings (SSSR count). The Hall–Kier alpha value is -2.29. The molecule has 20 heavy (non-hydrogen) atoms. The van der Waals surface area contributed by atoms with E-state index in [9.17, 15) is 4.79 Å². The molecule has 0 unspecified atom stereocenters. The summed E-state index contributed by atoms with van der Waals surface area (Å²) in [6.07, 6.45) is 0.914. The van der Waals surface area contributed by atoms with Crippen molar-refractivity contribution in [2.24, 2.45) is 0 Å². The maximum Gasteiger partial charge on any atom is 0.254 e. The minimum absolute atomic E-state index is 0.109. The number of para-hydroxylation sites is 1. The highest BCUT2D eigenvalue weighted by atomic mass is 16.5. The van der Waals surface area contributed by atoms with Crippen LogP contribution in [-0.2, 0) is 13.0 Å². The number of carbonyl (C=O) groups excluding carboxylic acids is 1. The van der Waals surface area contributed by atoms with Crippen LogP contribution >= 0.6 is 0 Å². The predicted molar refractivity (Wildman–Crippen MR) is 77.9 cm³/mol. The second-order valence-electron chi connectivity index (χ2n) is 4.95. The van der Waals surface area contributed by atoms with Gasteiger partial charge in [-0.05, 0) is 24.1 Å². The average molecular weight is 267 g/mol. The van der Waals surface area contributed by atoms with E-state index >= 15 is 0 Å². The summed E-state index contributed by atoms with van der Waals surface area (Å²) < 4.78 is 5.35. The molecule has 1 amide bonds. The van der Waals surface area contributed by atoms with Crippen LogP contribution in [0.15, 0.2) is 48.5 Å². The van der Waals surface area contributed by atoms with E-state index in [0.29, 0.717) is 6.54 Å². The number of carbonyl (C=O) groups is 1. The van der Waals surface area contributed by atoms with Gasteiger partial charge in [-0.15, -0.1) is 0 Å². The highest BCUT2D eigenvalue weighted by Gasteiger charge is 2.24. The highest BCUT2D eigenvalue weighted by molar-refractivity contribution is 5.96. The average Bonchev–Trinajstić information content (AvgIpc) is 2.51. The van der Waals surface area contributed by atoms with Crippen molar-refractivity contribution < 1.29 is 9.53 Å². The van der Waals surface area contributed by atoms with Crippen LogP contribution in [-0.4, -0.2) is 24.5 Å². The third-order valence-electron chi connectivity index (χ3n) is 3.74. The number of methoxy groups -OCH3 is 1. The molecule has 2 aromatic rings. The van der Waals surface area contributed by atoms with Crippen molar-refractivity contribution in [2.45, 2.75) is 13.0 Å². The van der Waals surface area contributed by atoms with Crippen molar-refractivity contribution in [1.29, 1.82) is 0 Å². The minimum atomic E-state index is 0.109. The molecule has 0 bridgehead atoms. The standard InChI is InChI=1S/C17H17NO2/c1-20-16-9-5-3-7-14(16)12-18-11-10-13-6-2-4-8-15(13)17(18)19/h2-9H,10-12H2,1H3. The zero-order chi connectivity index (χ0) is 13.9. The summed E-state index contributed by atoms with van der Waals surface area (Å²) in [5.41, 5.74) is 3.02.